The third-order valence-corrected chi connectivity index (χ3v) is 3.49. The van der Waals surface area contributed by atoms with E-state index in [2.05, 4.69) is 36.4 Å². The van der Waals surface area contributed by atoms with Gasteiger partial charge in [0, 0.05) is 5.69 Å². The monoisotopic (exact) mass is 333 g/mol. The molecule has 8 heteroatoms. The molecule has 0 aliphatic carbocycles. The molecule has 2 heterocycles. The van der Waals surface area contributed by atoms with Gasteiger partial charge < -0.3 is 5.32 Å². The van der Waals surface area contributed by atoms with Gasteiger partial charge in [-0.2, -0.15) is 4.98 Å². The molecular formula is C17H15N7O. The molecule has 0 bridgehead atoms. The number of hydrazine groups is 1. The van der Waals surface area contributed by atoms with Crippen molar-refractivity contribution in [1.29, 1.82) is 0 Å². The molecule has 0 aliphatic heterocycles. The van der Waals surface area contributed by atoms with E-state index in [1.54, 1.807) is 0 Å². The molecule has 8 nitrogen and oxygen atoms in total. The first kappa shape index (κ1) is 14.9. The van der Waals surface area contributed by atoms with Crippen LogP contribution in [0.15, 0.2) is 59.2 Å². The Morgan fingerprint density at radius 2 is 1.48 bits per heavy atom. The summed E-state index contributed by atoms with van der Waals surface area (Å²) in [5.41, 5.74) is 9.72. The molecular weight excluding hydrogens is 318 g/mol. The maximum Gasteiger partial charge on any atom is 0.245 e. The second kappa shape index (κ2) is 6.44. The van der Waals surface area contributed by atoms with Gasteiger partial charge in [0.15, 0.2) is 11.6 Å². The zero-order chi connectivity index (χ0) is 17.1. The summed E-state index contributed by atoms with van der Waals surface area (Å²) in [5.74, 6) is 0.991. The Labute approximate surface area is 143 Å². The first-order valence-corrected chi connectivity index (χ1v) is 7.69. The Morgan fingerprint density at radius 1 is 0.760 bits per heavy atom. The Hall–Kier alpha value is -3.68. The van der Waals surface area contributed by atoms with E-state index >= 15 is 0 Å². The molecule has 0 unspecified atom stereocenters. The predicted octanol–water partition coefficient (Wildman–Crippen LogP) is 3.50. The lowest BCUT2D eigenvalue weighted by molar-refractivity contribution is 0.314. The maximum absolute atomic E-state index is 4.71. The molecule has 2 aromatic heterocycles. The third kappa shape index (κ3) is 3.32. The number of benzene rings is 2. The number of hydrogen-bond donors (Lipinski definition) is 3. The fraction of sp³-hybridized carbons (Fsp3) is 0.0588. The van der Waals surface area contributed by atoms with E-state index in [9.17, 15) is 0 Å². The van der Waals surface area contributed by atoms with E-state index in [4.69, 9.17) is 4.63 Å². The maximum atomic E-state index is 4.71. The van der Waals surface area contributed by atoms with Crippen molar-refractivity contribution in [1.82, 2.24) is 20.3 Å². The summed E-state index contributed by atoms with van der Waals surface area (Å²) in [5, 5.41) is 10.7. The summed E-state index contributed by atoms with van der Waals surface area (Å²) in [7, 11) is 0. The smallest absolute Gasteiger partial charge is 0.245 e. The molecule has 0 aliphatic rings. The Bertz CT molecular complexity index is 1000. The van der Waals surface area contributed by atoms with Gasteiger partial charge in [-0.15, -0.1) is 0 Å². The minimum atomic E-state index is 0.326. The van der Waals surface area contributed by atoms with Crippen LogP contribution < -0.4 is 16.2 Å². The normalized spacial score (nSPS) is 10.6. The highest BCUT2D eigenvalue weighted by atomic mass is 16.6. The zero-order valence-corrected chi connectivity index (χ0v) is 13.4. The van der Waals surface area contributed by atoms with Gasteiger partial charge in [0.25, 0.3) is 0 Å². The van der Waals surface area contributed by atoms with E-state index in [1.165, 1.54) is 0 Å². The lowest BCUT2D eigenvalue weighted by Gasteiger charge is -2.13. The minimum Gasteiger partial charge on any atom is -0.337 e. The highest BCUT2D eigenvalue weighted by Crippen LogP contribution is 2.24. The average Bonchev–Trinajstić information content (AvgIpc) is 3.08. The van der Waals surface area contributed by atoms with Crippen LogP contribution in [0, 0.1) is 6.92 Å². The molecule has 0 saturated heterocycles. The number of nitrogens with one attached hydrogen (secondary N) is 3. The van der Waals surface area contributed by atoms with E-state index in [-0.39, 0.29) is 0 Å². The van der Waals surface area contributed by atoms with Gasteiger partial charge >= 0.3 is 0 Å². The van der Waals surface area contributed by atoms with Gasteiger partial charge in [0.1, 0.15) is 0 Å². The van der Waals surface area contributed by atoms with Gasteiger partial charge in [-0.25, -0.2) is 9.61 Å². The highest BCUT2D eigenvalue weighted by molar-refractivity contribution is 5.77. The van der Waals surface area contributed by atoms with Crippen LogP contribution in [0.2, 0.25) is 0 Å². The molecule has 4 rings (SSSR count). The van der Waals surface area contributed by atoms with Crippen LogP contribution in [0.4, 0.5) is 23.0 Å². The van der Waals surface area contributed by atoms with Crippen LogP contribution in [0.1, 0.15) is 5.56 Å². The van der Waals surface area contributed by atoms with Crippen LogP contribution in [0.25, 0.3) is 11.3 Å². The number of fused-ring (bicyclic) bond motifs is 1. The molecule has 0 radical (unpaired) electrons. The highest BCUT2D eigenvalue weighted by Gasteiger charge is 2.13. The van der Waals surface area contributed by atoms with Crippen LogP contribution >= 0.6 is 0 Å². The quantitative estimate of drug-likeness (QED) is 0.477. The number of nitrogens with zero attached hydrogens (tertiary/aromatic N) is 4. The summed E-state index contributed by atoms with van der Waals surface area (Å²) in [6, 6.07) is 17.7. The largest absolute Gasteiger partial charge is 0.337 e. The first-order chi connectivity index (χ1) is 12.3. The summed E-state index contributed by atoms with van der Waals surface area (Å²) in [4.78, 5) is 8.83. The van der Waals surface area contributed by atoms with Crippen molar-refractivity contribution >= 4 is 34.3 Å². The fourth-order valence-corrected chi connectivity index (χ4v) is 2.32. The van der Waals surface area contributed by atoms with Crippen LogP contribution in [0.3, 0.4) is 0 Å². The molecule has 0 spiro atoms. The third-order valence-electron chi connectivity index (χ3n) is 3.49. The van der Waals surface area contributed by atoms with Crippen molar-refractivity contribution in [2.24, 2.45) is 0 Å². The molecule has 0 atom stereocenters. The zero-order valence-electron chi connectivity index (χ0n) is 13.4. The van der Waals surface area contributed by atoms with Crippen molar-refractivity contribution in [3.05, 3.63) is 60.2 Å². The molecule has 25 heavy (non-hydrogen) atoms. The van der Waals surface area contributed by atoms with Gasteiger partial charge in [0.05, 0.1) is 5.69 Å². The second-order valence-electron chi connectivity index (χ2n) is 5.44. The van der Waals surface area contributed by atoms with E-state index in [0.29, 0.717) is 22.9 Å². The number of anilines is 4. The van der Waals surface area contributed by atoms with Crippen LogP contribution in [-0.4, -0.2) is 20.3 Å². The Kier molecular flexibility index (Phi) is 3.83. The molecule has 0 amide bonds. The molecule has 4 aromatic rings. The standard InChI is InChI=1S/C17H15N7O/c1-11-6-5-9-13(10-11)18-14-15(20-17-16(19-14)23-25-24-17)22-21-12-7-3-2-4-8-12/h2-10,21H,1H3,(H,18,19,23)(H,20,22,24). The summed E-state index contributed by atoms with van der Waals surface area (Å²) in [6.07, 6.45) is 0. The summed E-state index contributed by atoms with van der Waals surface area (Å²) < 4.78 is 4.71. The number of aromatic nitrogens is 4. The lowest BCUT2D eigenvalue weighted by atomic mass is 10.2. The van der Waals surface area contributed by atoms with E-state index < -0.39 is 0 Å². The summed E-state index contributed by atoms with van der Waals surface area (Å²) >= 11 is 0. The summed E-state index contributed by atoms with van der Waals surface area (Å²) in [6.45, 7) is 2.03. The topological polar surface area (TPSA) is 101 Å². The van der Waals surface area contributed by atoms with Crippen molar-refractivity contribution in [3.63, 3.8) is 0 Å². The molecule has 0 saturated carbocycles. The molecule has 124 valence electrons. The van der Waals surface area contributed by atoms with Gasteiger partial charge in [-0.1, -0.05) is 30.3 Å². The van der Waals surface area contributed by atoms with Gasteiger partial charge in [-0.3, -0.25) is 10.9 Å². The molecule has 2 aromatic carbocycles. The second-order valence-corrected chi connectivity index (χ2v) is 5.44. The average molecular weight is 333 g/mol. The van der Waals surface area contributed by atoms with Crippen molar-refractivity contribution < 1.29 is 4.63 Å². The van der Waals surface area contributed by atoms with Gasteiger partial charge in [0.2, 0.25) is 11.3 Å². The van der Waals surface area contributed by atoms with Gasteiger partial charge in [-0.05, 0) is 47.1 Å². The Morgan fingerprint density at radius 3 is 2.24 bits per heavy atom. The molecule has 0 fully saturated rings. The number of aryl methyl sites for hydroxylation is 1. The number of rotatable bonds is 5. The van der Waals surface area contributed by atoms with Crippen molar-refractivity contribution in [3.8, 4) is 0 Å². The minimum absolute atomic E-state index is 0.326. The lowest BCUT2D eigenvalue weighted by Crippen LogP contribution is -2.13. The molecule has 3 N–H and O–H groups in total. The number of hydrogen-bond acceptors (Lipinski definition) is 8. The van der Waals surface area contributed by atoms with E-state index in [0.717, 1.165) is 16.9 Å². The van der Waals surface area contributed by atoms with Crippen LogP contribution in [-0.2, 0) is 0 Å². The number of para-hydroxylation sites is 1. The van der Waals surface area contributed by atoms with Crippen molar-refractivity contribution in [2.45, 2.75) is 6.92 Å². The predicted molar refractivity (Wildman–Crippen MR) is 95.5 cm³/mol. The van der Waals surface area contributed by atoms with Crippen LogP contribution in [0.5, 0.6) is 0 Å². The SMILES string of the molecule is Cc1cccc(Nc2nc3nonc3nc2NNc2ccccc2)c1. The van der Waals surface area contributed by atoms with E-state index in [1.807, 2.05) is 61.5 Å². The first-order valence-electron chi connectivity index (χ1n) is 7.69. The fourth-order valence-electron chi connectivity index (χ4n) is 2.32. The van der Waals surface area contributed by atoms with Crippen molar-refractivity contribution in [2.75, 3.05) is 16.2 Å². The Balaban J connectivity index is 1.66.